The summed E-state index contributed by atoms with van der Waals surface area (Å²) >= 11 is 0. The number of aromatic nitrogens is 3. The number of fused-ring (bicyclic) bond motifs is 1. The smallest absolute Gasteiger partial charge is 0.347 e. The van der Waals surface area contributed by atoms with Crippen LogP contribution in [0.5, 0.6) is 5.75 Å². The lowest BCUT2D eigenvalue weighted by Gasteiger charge is -2.20. The summed E-state index contributed by atoms with van der Waals surface area (Å²) in [5.41, 5.74) is 0.670. The first-order chi connectivity index (χ1) is 11.1. The van der Waals surface area contributed by atoms with Crippen LogP contribution in [-0.4, -0.2) is 34.5 Å². The van der Waals surface area contributed by atoms with Crippen molar-refractivity contribution in [1.82, 2.24) is 14.3 Å². The number of rotatable bonds is 4. The Labute approximate surface area is 133 Å². The van der Waals surface area contributed by atoms with Crippen molar-refractivity contribution >= 4 is 5.97 Å². The molecule has 2 heterocycles. The molecule has 0 bridgehead atoms. The Morgan fingerprint density at radius 1 is 1.30 bits per heavy atom. The summed E-state index contributed by atoms with van der Waals surface area (Å²) in [7, 11) is 2.94. The van der Waals surface area contributed by atoms with Crippen LogP contribution in [0.25, 0.3) is 0 Å². The van der Waals surface area contributed by atoms with Gasteiger partial charge in [0.2, 0.25) is 0 Å². The number of hydrogen-bond donors (Lipinski definition) is 0. The van der Waals surface area contributed by atoms with E-state index in [4.69, 9.17) is 9.47 Å². The van der Waals surface area contributed by atoms with Crippen LogP contribution in [0.4, 0.5) is 0 Å². The molecule has 7 heteroatoms. The van der Waals surface area contributed by atoms with Crippen LogP contribution in [0.1, 0.15) is 30.3 Å². The Morgan fingerprint density at radius 2 is 2.04 bits per heavy atom. The van der Waals surface area contributed by atoms with Crippen LogP contribution in [0, 0.1) is 0 Å². The predicted octanol–water partition coefficient (Wildman–Crippen LogP) is 1.15. The normalized spacial score (nSPS) is 16.7. The molecule has 3 rings (SSSR count). The highest BCUT2D eigenvalue weighted by molar-refractivity contribution is 5.74. The van der Waals surface area contributed by atoms with E-state index >= 15 is 0 Å². The average Bonchev–Trinajstić information content (AvgIpc) is 2.91. The quantitative estimate of drug-likeness (QED) is 0.791. The van der Waals surface area contributed by atoms with Crippen molar-refractivity contribution in [3.63, 3.8) is 0 Å². The zero-order valence-electron chi connectivity index (χ0n) is 13.2. The molecule has 2 aromatic rings. The van der Waals surface area contributed by atoms with Gasteiger partial charge in [0.25, 0.3) is 0 Å². The summed E-state index contributed by atoms with van der Waals surface area (Å²) in [5, 5.41) is 4.38. The lowest BCUT2D eigenvalue weighted by atomic mass is 10.1. The number of esters is 1. The van der Waals surface area contributed by atoms with Crippen LogP contribution < -0.4 is 10.4 Å². The minimum atomic E-state index is -0.569. The van der Waals surface area contributed by atoms with Gasteiger partial charge in [0.15, 0.2) is 0 Å². The van der Waals surface area contributed by atoms with Gasteiger partial charge in [-0.3, -0.25) is 4.57 Å². The third-order valence-electron chi connectivity index (χ3n) is 4.10. The summed E-state index contributed by atoms with van der Waals surface area (Å²) in [6.07, 6.45) is 2.12. The maximum atomic E-state index is 12.6. The molecule has 1 atom stereocenters. The predicted molar refractivity (Wildman–Crippen MR) is 82.6 cm³/mol. The fraction of sp³-hybridized carbons (Fsp3) is 0.438. The molecule has 0 amide bonds. The van der Waals surface area contributed by atoms with Gasteiger partial charge in [-0.15, -0.1) is 0 Å². The van der Waals surface area contributed by atoms with Crippen molar-refractivity contribution in [1.29, 1.82) is 0 Å². The van der Waals surface area contributed by atoms with Gasteiger partial charge in [0.1, 0.15) is 17.6 Å². The van der Waals surface area contributed by atoms with Crippen LogP contribution in [0.2, 0.25) is 0 Å². The molecule has 0 fully saturated rings. The van der Waals surface area contributed by atoms with Crippen molar-refractivity contribution in [2.45, 2.75) is 31.8 Å². The molecule has 1 unspecified atom stereocenters. The van der Waals surface area contributed by atoms with E-state index in [9.17, 15) is 9.59 Å². The highest BCUT2D eigenvalue weighted by Crippen LogP contribution is 2.23. The van der Waals surface area contributed by atoms with Crippen LogP contribution >= 0.6 is 0 Å². The standard InChI is InChI=1S/C16H19N3O4/c1-22-12-8-6-11(7-9-12)10-18-16(21)19-13(15(20)23-2)4-3-5-14(19)17-18/h6-9,13H,3-5,10H2,1-2H3. The largest absolute Gasteiger partial charge is 0.497 e. The van der Waals surface area contributed by atoms with Gasteiger partial charge in [-0.1, -0.05) is 12.1 Å². The Kier molecular flexibility index (Phi) is 4.18. The highest BCUT2D eigenvalue weighted by atomic mass is 16.5. The third kappa shape index (κ3) is 2.86. The fourth-order valence-electron chi connectivity index (χ4n) is 2.90. The van der Waals surface area contributed by atoms with Gasteiger partial charge in [0, 0.05) is 6.42 Å². The van der Waals surface area contributed by atoms with Crippen LogP contribution in [0.3, 0.4) is 0 Å². The second-order valence-electron chi connectivity index (χ2n) is 5.51. The van der Waals surface area contributed by atoms with Crippen molar-refractivity contribution in [2.24, 2.45) is 0 Å². The molecule has 1 aliphatic rings. The Balaban J connectivity index is 1.91. The lowest BCUT2D eigenvalue weighted by molar-refractivity contribution is -0.145. The number of ether oxygens (including phenoxy) is 2. The van der Waals surface area contributed by atoms with Gasteiger partial charge in [-0.25, -0.2) is 14.3 Å². The van der Waals surface area contributed by atoms with E-state index in [-0.39, 0.29) is 5.69 Å². The van der Waals surface area contributed by atoms with Gasteiger partial charge < -0.3 is 9.47 Å². The number of carbonyl (C=O) groups is 1. The summed E-state index contributed by atoms with van der Waals surface area (Å²) in [5.74, 6) is 1.01. The van der Waals surface area contributed by atoms with Crippen LogP contribution in [-0.2, 0) is 22.5 Å². The van der Waals surface area contributed by atoms with Gasteiger partial charge in [-0.2, -0.15) is 5.10 Å². The molecule has 0 spiro atoms. The number of methoxy groups -OCH3 is 2. The molecule has 1 aromatic carbocycles. The molecular weight excluding hydrogens is 298 g/mol. The molecule has 1 aliphatic heterocycles. The van der Waals surface area contributed by atoms with Crippen molar-refractivity contribution in [3.8, 4) is 5.75 Å². The van der Waals surface area contributed by atoms with E-state index < -0.39 is 12.0 Å². The Morgan fingerprint density at radius 3 is 2.70 bits per heavy atom. The van der Waals surface area contributed by atoms with E-state index in [2.05, 4.69) is 5.10 Å². The first-order valence-electron chi connectivity index (χ1n) is 7.53. The average molecular weight is 317 g/mol. The topological polar surface area (TPSA) is 75.3 Å². The zero-order chi connectivity index (χ0) is 16.4. The van der Waals surface area contributed by atoms with Crippen molar-refractivity contribution in [3.05, 3.63) is 46.1 Å². The van der Waals surface area contributed by atoms with Gasteiger partial charge >= 0.3 is 11.7 Å². The van der Waals surface area contributed by atoms with Crippen molar-refractivity contribution in [2.75, 3.05) is 14.2 Å². The molecule has 0 N–H and O–H groups in total. The van der Waals surface area contributed by atoms with E-state index in [0.717, 1.165) is 17.7 Å². The SMILES string of the molecule is COC(=O)C1CCCc2nn(Cc3ccc(OC)cc3)c(=O)n21. The van der Waals surface area contributed by atoms with E-state index in [0.29, 0.717) is 25.2 Å². The maximum absolute atomic E-state index is 12.6. The lowest BCUT2D eigenvalue weighted by Crippen LogP contribution is -2.35. The minimum Gasteiger partial charge on any atom is -0.497 e. The zero-order valence-corrected chi connectivity index (χ0v) is 13.2. The van der Waals surface area contributed by atoms with Gasteiger partial charge in [-0.05, 0) is 30.5 Å². The van der Waals surface area contributed by atoms with Crippen LogP contribution in [0.15, 0.2) is 29.1 Å². The molecule has 0 radical (unpaired) electrons. The first kappa shape index (κ1) is 15.3. The Bertz CT molecular complexity index is 761. The molecule has 0 saturated carbocycles. The van der Waals surface area contributed by atoms with E-state index in [1.165, 1.54) is 16.4 Å². The Hall–Kier alpha value is -2.57. The van der Waals surface area contributed by atoms with E-state index in [1.54, 1.807) is 7.11 Å². The third-order valence-corrected chi connectivity index (χ3v) is 4.10. The molecule has 0 saturated heterocycles. The molecule has 7 nitrogen and oxygen atoms in total. The molecular formula is C16H19N3O4. The number of nitrogens with zero attached hydrogens (tertiary/aromatic N) is 3. The minimum absolute atomic E-state index is 0.272. The fourth-order valence-corrected chi connectivity index (χ4v) is 2.90. The van der Waals surface area contributed by atoms with Crippen molar-refractivity contribution < 1.29 is 14.3 Å². The van der Waals surface area contributed by atoms with E-state index in [1.807, 2.05) is 24.3 Å². The summed E-state index contributed by atoms with van der Waals surface area (Å²) < 4.78 is 12.8. The second kappa shape index (κ2) is 6.28. The molecule has 23 heavy (non-hydrogen) atoms. The highest BCUT2D eigenvalue weighted by Gasteiger charge is 2.31. The summed E-state index contributed by atoms with van der Waals surface area (Å²) in [6.45, 7) is 0.358. The summed E-state index contributed by atoms with van der Waals surface area (Å²) in [6, 6.07) is 6.89. The number of aryl methyl sites for hydroxylation is 1. The first-order valence-corrected chi connectivity index (χ1v) is 7.53. The number of hydrogen-bond acceptors (Lipinski definition) is 5. The molecule has 122 valence electrons. The monoisotopic (exact) mass is 317 g/mol. The molecule has 1 aromatic heterocycles. The number of benzene rings is 1. The van der Waals surface area contributed by atoms with Gasteiger partial charge in [0.05, 0.1) is 20.8 Å². The number of carbonyl (C=O) groups excluding carboxylic acids is 1. The molecule has 0 aliphatic carbocycles. The summed E-state index contributed by atoms with van der Waals surface area (Å²) in [4.78, 5) is 24.5. The maximum Gasteiger partial charge on any atom is 0.347 e. The second-order valence-corrected chi connectivity index (χ2v) is 5.51.